The third-order valence-electron chi connectivity index (χ3n) is 5.35. The lowest BCUT2D eigenvalue weighted by Gasteiger charge is -2.13. The molecule has 4 heterocycles. The van der Waals surface area contributed by atoms with Crippen LogP contribution in [0, 0.1) is 5.82 Å². The minimum Gasteiger partial charge on any atom is -0.443 e. The fraction of sp³-hybridized carbons (Fsp3) is 0.227. The summed E-state index contributed by atoms with van der Waals surface area (Å²) in [5, 5.41) is 7.69. The maximum absolute atomic E-state index is 14.2. The number of rotatable bonds is 5. The molecule has 0 aliphatic carbocycles. The van der Waals surface area contributed by atoms with Gasteiger partial charge in [0.25, 0.3) is 0 Å². The van der Waals surface area contributed by atoms with E-state index in [1.54, 1.807) is 41.2 Å². The Morgan fingerprint density at radius 1 is 1.21 bits per heavy atom. The standard InChI is InChI=1S/C22H21FN8O3/c23-15-6-2-1-4-12(15)10-31-21-14(5-3-8-26-21)16(30-31)20-28-18(24)17(19(25)29-20)27-22(32)34-13-7-9-33-11-13/h1-6,8,13H,7,9-11H2,(H,27,32)(H4,24,25,28,29)/t13-/m1/s1. The summed E-state index contributed by atoms with van der Waals surface area (Å²) >= 11 is 0. The van der Waals surface area contributed by atoms with E-state index in [1.807, 2.05) is 0 Å². The second-order valence-corrected chi connectivity index (χ2v) is 7.68. The van der Waals surface area contributed by atoms with Crippen LogP contribution in [0.15, 0.2) is 42.6 Å². The van der Waals surface area contributed by atoms with Crippen LogP contribution < -0.4 is 16.8 Å². The van der Waals surface area contributed by atoms with Crippen molar-refractivity contribution in [3.8, 4) is 11.5 Å². The first kappa shape index (κ1) is 21.5. The van der Waals surface area contributed by atoms with Crippen LogP contribution in [0.25, 0.3) is 22.6 Å². The van der Waals surface area contributed by atoms with Gasteiger partial charge in [-0.25, -0.2) is 28.8 Å². The lowest BCUT2D eigenvalue weighted by Crippen LogP contribution is -2.24. The number of amides is 1. The maximum atomic E-state index is 14.2. The van der Waals surface area contributed by atoms with Crippen molar-refractivity contribution >= 4 is 34.4 Å². The van der Waals surface area contributed by atoms with Crippen molar-refractivity contribution < 1.29 is 18.7 Å². The van der Waals surface area contributed by atoms with Crippen molar-refractivity contribution in [2.75, 3.05) is 30.0 Å². The minimum atomic E-state index is -0.728. The normalized spacial score (nSPS) is 15.5. The van der Waals surface area contributed by atoms with E-state index in [9.17, 15) is 9.18 Å². The first-order chi connectivity index (χ1) is 16.5. The molecule has 5 rings (SSSR count). The van der Waals surface area contributed by atoms with E-state index < -0.39 is 6.09 Å². The van der Waals surface area contributed by atoms with Gasteiger partial charge < -0.3 is 20.9 Å². The molecule has 5 N–H and O–H groups in total. The number of anilines is 3. The molecule has 34 heavy (non-hydrogen) atoms. The van der Waals surface area contributed by atoms with E-state index in [0.29, 0.717) is 41.9 Å². The maximum Gasteiger partial charge on any atom is 0.412 e. The molecule has 1 amide bonds. The number of halogens is 1. The highest BCUT2D eigenvalue weighted by Crippen LogP contribution is 2.30. The zero-order valence-corrected chi connectivity index (χ0v) is 17.9. The van der Waals surface area contributed by atoms with Gasteiger partial charge in [0.15, 0.2) is 23.1 Å². The van der Waals surface area contributed by atoms with Crippen LogP contribution in [0.4, 0.5) is 26.5 Å². The molecule has 0 bridgehead atoms. The second-order valence-electron chi connectivity index (χ2n) is 7.68. The van der Waals surface area contributed by atoms with Gasteiger partial charge in [0, 0.05) is 18.2 Å². The van der Waals surface area contributed by atoms with Crippen LogP contribution in [0.1, 0.15) is 12.0 Å². The van der Waals surface area contributed by atoms with Gasteiger partial charge in [-0.1, -0.05) is 18.2 Å². The highest BCUT2D eigenvalue weighted by atomic mass is 19.1. The Kier molecular flexibility index (Phi) is 5.64. The van der Waals surface area contributed by atoms with Crippen LogP contribution in [0.3, 0.4) is 0 Å². The third-order valence-corrected chi connectivity index (χ3v) is 5.35. The quantitative estimate of drug-likeness (QED) is 0.404. The largest absolute Gasteiger partial charge is 0.443 e. The zero-order valence-electron chi connectivity index (χ0n) is 17.9. The number of nitrogens with two attached hydrogens (primary N) is 2. The number of benzene rings is 1. The molecule has 12 heteroatoms. The van der Waals surface area contributed by atoms with Crippen molar-refractivity contribution in [1.82, 2.24) is 24.7 Å². The van der Waals surface area contributed by atoms with Crippen LogP contribution in [-0.4, -0.2) is 50.1 Å². The van der Waals surface area contributed by atoms with Gasteiger partial charge in [-0.2, -0.15) is 5.10 Å². The van der Waals surface area contributed by atoms with Crippen LogP contribution in [-0.2, 0) is 16.0 Å². The minimum absolute atomic E-state index is 0.0425. The average molecular weight is 464 g/mol. The fourth-order valence-electron chi connectivity index (χ4n) is 3.69. The first-order valence-corrected chi connectivity index (χ1v) is 10.5. The molecule has 1 aliphatic heterocycles. The molecule has 1 atom stereocenters. The number of pyridine rings is 1. The molecule has 0 saturated carbocycles. The number of fused-ring (bicyclic) bond motifs is 1. The summed E-state index contributed by atoms with van der Waals surface area (Å²) in [6.07, 6.45) is 1.17. The number of ether oxygens (including phenoxy) is 2. The highest BCUT2D eigenvalue weighted by molar-refractivity contribution is 5.94. The third kappa shape index (κ3) is 4.18. The topological polar surface area (TPSA) is 156 Å². The first-order valence-electron chi connectivity index (χ1n) is 10.5. The van der Waals surface area contributed by atoms with Crippen LogP contribution in [0.2, 0.25) is 0 Å². The van der Waals surface area contributed by atoms with Crippen LogP contribution >= 0.6 is 0 Å². The molecule has 1 saturated heterocycles. The van der Waals surface area contributed by atoms with E-state index in [1.165, 1.54) is 6.07 Å². The molecular weight excluding hydrogens is 443 g/mol. The molecular formula is C22H21FN8O3. The van der Waals surface area contributed by atoms with E-state index in [2.05, 4.69) is 25.4 Å². The molecule has 1 aliphatic rings. The van der Waals surface area contributed by atoms with Gasteiger partial charge in [0.05, 0.1) is 25.1 Å². The Labute approximate surface area is 192 Å². The van der Waals surface area contributed by atoms with Crippen LogP contribution in [0.5, 0.6) is 0 Å². The predicted octanol–water partition coefficient (Wildman–Crippen LogP) is 2.58. The molecule has 0 radical (unpaired) electrons. The fourth-order valence-corrected chi connectivity index (χ4v) is 3.69. The SMILES string of the molecule is Nc1nc(-c2nn(Cc3ccccc3F)c3ncccc23)nc(N)c1NC(=O)O[C@@H]1CCOC1. The summed E-state index contributed by atoms with van der Waals surface area (Å²) in [6.45, 7) is 1.03. The van der Waals surface area contributed by atoms with Gasteiger partial charge >= 0.3 is 6.09 Å². The van der Waals surface area contributed by atoms with Gasteiger partial charge in [0.2, 0.25) is 0 Å². The van der Waals surface area contributed by atoms with Crippen molar-refractivity contribution in [3.63, 3.8) is 0 Å². The summed E-state index contributed by atoms with van der Waals surface area (Å²) < 4.78 is 26.2. The van der Waals surface area contributed by atoms with Crippen molar-refractivity contribution in [1.29, 1.82) is 0 Å². The summed E-state index contributed by atoms with van der Waals surface area (Å²) in [4.78, 5) is 25.2. The number of nitrogens with zero attached hydrogens (tertiary/aromatic N) is 5. The number of carbonyl (C=O) groups excluding carboxylic acids is 1. The monoisotopic (exact) mass is 464 g/mol. The van der Waals surface area contributed by atoms with Gasteiger partial charge in [-0.15, -0.1) is 0 Å². The molecule has 4 aromatic rings. The van der Waals surface area contributed by atoms with E-state index in [-0.39, 0.29) is 41.6 Å². The summed E-state index contributed by atoms with van der Waals surface area (Å²) in [5.74, 6) is -0.311. The van der Waals surface area contributed by atoms with Gasteiger partial charge in [0.1, 0.15) is 23.3 Å². The lowest BCUT2D eigenvalue weighted by atomic mass is 10.2. The molecule has 3 aromatic heterocycles. The number of carbonyl (C=O) groups is 1. The Morgan fingerprint density at radius 2 is 2.00 bits per heavy atom. The number of hydrogen-bond acceptors (Lipinski definition) is 9. The molecule has 1 fully saturated rings. The molecule has 174 valence electrons. The summed E-state index contributed by atoms with van der Waals surface area (Å²) in [6, 6.07) is 9.97. The van der Waals surface area contributed by atoms with Crippen molar-refractivity contribution in [3.05, 3.63) is 54.0 Å². The van der Waals surface area contributed by atoms with E-state index >= 15 is 0 Å². The molecule has 0 spiro atoms. The zero-order chi connectivity index (χ0) is 23.7. The Balaban J connectivity index is 1.46. The summed E-state index contributed by atoms with van der Waals surface area (Å²) in [5.41, 5.74) is 13.6. The Hall–Kier alpha value is -4.32. The number of aromatic nitrogens is 5. The Bertz CT molecular complexity index is 1350. The number of hydrogen-bond donors (Lipinski definition) is 3. The van der Waals surface area contributed by atoms with Crippen molar-refractivity contribution in [2.45, 2.75) is 19.1 Å². The van der Waals surface area contributed by atoms with Gasteiger partial charge in [-0.3, -0.25) is 5.32 Å². The number of nitrogens with one attached hydrogen (secondary N) is 1. The Morgan fingerprint density at radius 3 is 2.74 bits per heavy atom. The average Bonchev–Trinajstić information content (AvgIpc) is 3.46. The summed E-state index contributed by atoms with van der Waals surface area (Å²) in [7, 11) is 0. The lowest BCUT2D eigenvalue weighted by molar-refractivity contribution is 0.0932. The number of nitrogen functional groups attached to an aromatic ring is 2. The molecule has 1 aromatic carbocycles. The predicted molar refractivity (Wildman–Crippen MR) is 122 cm³/mol. The highest BCUT2D eigenvalue weighted by Gasteiger charge is 2.23. The smallest absolute Gasteiger partial charge is 0.412 e. The molecule has 0 unspecified atom stereocenters. The van der Waals surface area contributed by atoms with Crippen molar-refractivity contribution in [2.24, 2.45) is 0 Å². The van der Waals surface area contributed by atoms with E-state index in [0.717, 1.165) is 0 Å². The van der Waals surface area contributed by atoms with Gasteiger partial charge in [-0.05, 0) is 18.2 Å². The van der Waals surface area contributed by atoms with E-state index in [4.69, 9.17) is 20.9 Å². The molecule has 11 nitrogen and oxygen atoms in total. The second kappa shape index (κ2) is 8.90.